The van der Waals surface area contributed by atoms with Crippen molar-refractivity contribution in [3.05, 3.63) is 42.5 Å². The Hall–Kier alpha value is -2.67. The Morgan fingerprint density at radius 3 is 2.92 bits per heavy atom. The fourth-order valence-corrected chi connectivity index (χ4v) is 3.76. The first kappa shape index (κ1) is 16.8. The third-order valence-corrected chi connectivity index (χ3v) is 5.40. The number of hydrogen-bond acceptors (Lipinski definition) is 6. The van der Waals surface area contributed by atoms with Gasteiger partial charge in [0.25, 0.3) is 0 Å². The van der Waals surface area contributed by atoms with Gasteiger partial charge < -0.3 is 19.9 Å². The van der Waals surface area contributed by atoms with Gasteiger partial charge in [0.2, 0.25) is 0 Å². The quantitative estimate of drug-likeness (QED) is 0.749. The van der Waals surface area contributed by atoms with Crippen LogP contribution >= 0.6 is 0 Å². The second kappa shape index (κ2) is 6.92. The van der Waals surface area contributed by atoms with Crippen LogP contribution in [0.2, 0.25) is 0 Å². The summed E-state index contributed by atoms with van der Waals surface area (Å²) in [7, 11) is 2.11. The molecule has 1 aliphatic rings. The smallest absolute Gasteiger partial charge is 0.142 e. The maximum absolute atomic E-state index is 9.21. The van der Waals surface area contributed by atoms with Gasteiger partial charge in [-0.2, -0.15) is 0 Å². The zero-order chi connectivity index (χ0) is 18.1. The predicted octanol–water partition coefficient (Wildman–Crippen LogP) is 2.20. The van der Waals surface area contributed by atoms with Gasteiger partial charge in [-0.3, -0.25) is 0 Å². The highest BCUT2D eigenvalue weighted by Gasteiger charge is 2.31. The van der Waals surface area contributed by atoms with Crippen LogP contribution in [0.3, 0.4) is 0 Å². The summed E-state index contributed by atoms with van der Waals surface area (Å²) in [4.78, 5) is 21.1. The van der Waals surface area contributed by atoms with E-state index >= 15 is 0 Å². The molecule has 3 aromatic heterocycles. The predicted molar refractivity (Wildman–Crippen MR) is 102 cm³/mol. The molecule has 0 bridgehead atoms. The molecule has 1 aliphatic heterocycles. The topological polar surface area (TPSA) is 81.2 Å². The zero-order valence-electron chi connectivity index (χ0n) is 15.1. The lowest BCUT2D eigenvalue weighted by atomic mass is 9.92. The van der Waals surface area contributed by atoms with Crippen molar-refractivity contribution in [2.75, 3.05) is 29.9 Å². The van der Waals surface area contributed by atoms with Crippen molar-refractivity contribution in [3.63, 3.8) is 0 Å². The van der Waals surface area contributed by atoms with E-state index < -0.39 is 0 Å². The van der Waals surface area contributed by atoms with E-state index in [0.29, 0.717) is 12.0 Å². The fourth-order valence-electron chi connectivity index (χ4n) is 3.76. The van der Waals surface area contributed by atoms with Gasteiger partial charge >= 0.3 is 0 Å². The van der Waals surface area contributed by atoms with Crippen LogP contribution < -0.4 is 9.80 Å². The number of H-pyrrole nitrogens is 1. The van der Waals surface area contributed by atoms with Crippen LogP contribution in [-0.2, 0) is 6.61 Å². The minimum Gasteiger partial charge on any atom is -0.392 e. The first-order chi connectivity index (χ1) is 12.7. The van der Waals surface area contributed by atoms with Gasteiger partial charge in [-0.1, -0.05) is 13.0 Å². The Morgan fingerprint density at radius 2 is 2.15 bits per heavy atom. The molecule has 2 unspecified atom stereocenters. The Labute approximate surface area is 152 Å². The van der Waals surface area contributed by atoms with Gasteiger partial charge in [-0.05, 0) is 30.0 Å². The number of aliphatic hydroxyl groups excluding tert-OH is 1. The number of aliphatic hydroxyl groups is 1. The van der Waals surface area contributed by atoms with Crippen molar-refractivity contribution in [2.24, 2.45) is 5.92 Å². The normalized spacial score (nSPS) is 20.5. The number of nitrogens with one attached hydrogen (secondary N) is 1. The van der Waals surface area contributed by atoms with Crippen LogP contribution in [0.5, 0.6) is 0 Å². The van der Waals surface area contributed by atoms with Gasteiger partial charge in [0.1, 0.15) is 23.6 Å². The van der Waals surface area contributed by atoms with Crippen molar-refractivity contribution in [2.45, 2.75) is 26.0 Å². The summed E-state index contributed by atoms with van der Waals surface area (Å²) < 4.78 is 0. The first-order valence-corrected chi connectivity index (χ1v) is 8.99. The molecular formula is C19H24N6O. The maximum Gasteiger partial charge on any atom is 0.142 e. The summed E-state index contributed by atoms with van der Waals surface area (Å²) in [6.45, 7) is 4.20. The number of fused-ring (bicyclic) bond motifs is 1. The minimum absolute atomic E-state index is 0.0239. The number of likely N-dealkylation sites (N-methyl/N-ethyl adjacent to an activating group) is 1. The molecule has 1 saturated heterocycles. The third-order valence-electron chi connectivity index (χ3n) is 5.40. The summed E-state index contributed by atoms with van der Waals surface area (Å²) in [5.41, 5.74) is 1.70. The highest BCUT2D eigenvalue weighted by Crippen LogP contribution is 2.30. The molecule has 7 nitrogen and oxygen atoms in total. The SMILES string of the molecule is CC1CCN(c2ccc(CO)cn2)CC1N(C)c1ncnc2[nH]ccc12. The molecule has 2 N–H and O–H groups in total. The van der Waals surface area contributed by atoms with Crippen LogP contribution in [0.15, 0.2) is 36.9 Å². The standard InChI is InChI=1S/C19H24N6O/c1-13-6-8-25(17-4-3-14(11-26)9-21-17)10-16(13)24(2)19-15-5-7-20-18(15)22-12-23-19/h3-5,7,9,12-13,16,26H,6,8,10-11H2,1-2H3,(H,20,22,23). The number of piperidine rings is 1. The lowest BCUT2D eigenvalue weighted by Crippen LogP contribution is -2.51. The third kappa shape index (κ3) is 2.99. The van der Waals surface area contributed by atoms with Gasteiger partial charge in [-0.25, -0.2) is 15.0 Å². The Balaban J connectivity index is 1.59. The van der Waals surface area contributed by atoms with Crippen LogP contribution in [0.4, 0.5) is 11.6 Å². The zero-order valence-corrected chi connectivity index (χ0v) is 15.1. The molecule has 4 heterocycles. The van der Waals surface area contributed by atoms with Gasteiger partial charge in [-0.15, -0.1) is 0 Å². The van der Waals surface area contributed by atoms with E-state index in [1.807, 2.05) is 24.4 Å². The molecule has 136 valence electrons. The highest BCUT2D eigenvalue weighted by molar-refractivity contribution is 5.87. The van der Waals surface area contributed by atoms with E-state index in [0.717, 1.165) is 47.7 Å². The maximum atomic E-state index is 9.21. The number of pyridine rings is 1. The van der Waals surface area contributed by atoms with Crippen molar-refractivity contribution in [1.29, 1.82) is 0 Å². The van der Waals surface area contributed by atoms with Crippen LogP contribution in [-0.4, -0.2) is 51.2 Å². The van der Waals surface area contributed by atoms with Gasteiger partial charge in [0.15, 0.2) is 0 Å². The molecular weight excluding hydrogens is 328 g/mol. The molecule has 4 rings (SSSR count). The molecule has 0 aromatic carbocycles. The molecule has 26 heavy (non-hydrogen) atoms. The summed E-state index contributed by atoms with van der Waals surface area (Å²) in [5, 5.41) is 10.3. The molecule has 2 atom stereocenters. The highest BCUT2D eigenvalue weighted by atomic mass is 16.3. The largest absolute Gasteiger partial charge is 0.392 e. The molecule has 0 amide bonds. The van der Waals surface area contributed by atoms with Crippen LogP contribution in [0, 0.1) is 5.92 Å². The molecule has 0 spiro atoms. The number of rotatable bonds is 4. The lowest BCUT2D eigenvalue weighted by Gasteiger charge is -2.42. The molecule has 1 fully saturated rings. The molecule has 0 aliphatic carbocycles. The van der Waals surface area contributed by atoms with Crippen LogP contribution in [0.25, 0.3) is 11.0 Å². The number of hydrogen-bond donors (Lipinski definition) is 2. The number of aromatic amines is 1. The van der Waals surface area contributed by atoms with Crippen molar-refractivity contribution in [1.82, 2.24) is 19.9 Å². The number of aromatic nitrogens is 4. The summed E-state index contributed by atoms with van der Waals surface area (Å²) in [5.74, 6) is 2.47. The van der Waals surface area contributed by atoms with Crippen LogP contribution in [0.1, 0.15) is 18.9 Å². The van der Waals surface area contributed by atoms with E-state index in [9.17, 15) is 5.11 Å². The van der Waals surface area contributed by atoms with Gasteiger partial charge in [0, 0.05) is 32.5 Å². The Morgan fingerprint density at radius 1 is 1.27 bits per heavy atom. The van der Waals surface area contributed by atoms with E-state index in [-0.39, 0.29) is 6.61 Å². The Kier molecular flexibility index (Phi) is 4.46. The second-order valence-corrected chi connectivity index (χ2v) is 7.01. The number of nitrogens with zero attached hydrogens (tertiary/aromatic N) is 5. The Bertz CT molecular complexity index is 877. The fraction of sp³-hybridized carbons (Fsp3) is 0.421. The summed E-state index contributed by atoms with van der Waals surface area (Å²) in [6.07, 6.45) is 6.37. The lowest BCUT2D eigenvalue weighted by molar-refractivity contribution is 0.281. The monoisotopic (exact) mass is 352 g/mol. The average molecular weight is 352 g/mol. The first-order valence-electron chi connectivity index (χ1n) is 8.99. The molecule has 0 radical (unpaired) electrons. The van der Waals surface area contributed by atoms with Gasteiger partial charge in [0.05, 0.1) is 18.0 Å². The average Bonchev–Trinajstić information content (AvgIpc) is 3.17. The molecule has 7 heteroatoms. The van der Waals surface area contributed by atoms with E-state index in [2.05, 4.69) is 43.7 Å². The van der Waals surface area contributed by atoms with E-state index in [1.165, 1.54) is 0 Å². The van der Waals surface area contributed by atoms with E-state index in [4.69, 9.17) is 0 Å². The van der Waals surface area contributed by atoms with Crippen molar-refractivity contribution >= 4 is 22.7 Å². The number of anilines is 2. The molecule has 0 saturated carbocycles. The summed E-state index contributed by atoms with van der Waals surface area (Å²) in [6, 6.07) is 6.29. The minimum atomic E-state index is 0.0239. The summed E-state index contributed by atoms with van der Waals surface area (Å²) >= 11 is 0. The van der Waals surface area contributed by atoms with Crippen molar-refractivity contribution < 1.29 is 5.11 Å². The van der Waals surface area contributed by atoms with E-state index in [1.54, 1.807) is 12.5 Å². The second-order valence-electron chi connectivity index (χ2n) is 7.01. The van der Waals surface area contributed by atoms with Crippen molar-refractivity contribution in [3.8, 4) is 0 Å². The molecule has 3 aromatic rings.